The zero-order valence-corrected chi connectivity index (χ0v) is 8.67. The van der Waals surface area contributed by atoms with E-state index in [0.29, 0.717) is 11.7 Å². The molecule has 1 aromatic rings. The average Bonchev–Trinajstić information content (AvgIpc) is 2.62. The lowest BCUT2D eigenvalue weighted by Gasteiger charge is -2.25. The van der Waals surface area contributed by atoms with Crippen LogP contribution in [0.25, 0.3) is 0 Å². The molecule has 2 aliphatic rings. The lowest BCUT2D eigenvalue weighted by molar-refractivity contribution is 0.630. The first-order valence-corrected chi connectivity index (χ1v) is 5.65. The van der Waals surface area contributed by atoms with Crippen LogP contribution in [0.5, 0.6) is 0 Å². The average molecular weight is 206 g/mol. The highest BCUT2D eigenvalue weighted by atomic mass is 19.1. The Morgan fingerprint density at radius 2 is 2.27 bits per heavy atom. The summed E-state index contributed by atoms with van der Waals surface area (Å²) in [5.74, 6) is -0.125. The zero-order valence-electron chi connectivity index (χ0n) is 8.67. The van der Waals surface area contributed by atoms with Gasteiger partial charge in [-0.25, -0.2) is 4.39 Å². The summed E-state index contributed by atoms with van der Waals surface area (Å²) in [6.45, 7) is 1.96. The summed E-state index contributed by atoms with van der Waals surface area (Å²) in [6.07, 6.45) is 3.60. The van der Waals surface area contributed by atoms with Crippen LogP contribution in [-0.4, -0.2) is 19.1 Å². The third kappa shape index (κ3) is 1.37. The standard InChI is InChI=1S/C12H15FN2/c13-10-4-1-5-11-12(10)14-7-6-9-3-2-8-15(9)11/h1,4-5,9,14H,2-3,6-8H2. The van der Waals surface area contributed by atoms with Gasteiger partial charge in [0, 0.05) is 19.1 Å². The topological polar surface area (TPSA) is 15.3 Å². The van der Waals surface area contributed by atoms with Gasteiger partial charge in [-0.3, -0.25) is 0 Å². The fourth-order valence-electron chi connectivity index (χ4n) is 2.74. The van der Waals surface area contributed by atoms with Crippen LogP contribution >= 0.6 is 0 Å². The van der Waals surface area contributed by atoms with Crippen molar-refractivity contribution in [2.24, 2.45) is 0 Å². The fraction of sp³-hybridized carbons (Fsp3) is 0.500. The maximum absolute atomic E-state index is 13.6. The highest BCUT2D eigenvalue weighted by Crippen LogP contribution is 2.36. The van der Waals surface area contributed by atoms with Crippen molar-refractivity contribution in [3.63, 3.8) is 0 Å². The van der Waals surface area contributed by atoms with Crippen LogP contribution in [-0.2, 0) is 0 Å². The quantitative estimate of drug-likeness (QED) is 0.702. The molecule has 1 N–H and O–H groups in total. The van der Waals surface area contributed by atoms with E-state index in [9.17, 15) is 4.39 Å². The number of para-hydroxylation sites is 1. The van der Waals surface area contributed by atoms with Crippen molar-refractivity contribution in [3.05, 3.63) is 24.0 Å². The summed E-state index contributed by atoms with van der Waals surface area (Å²) in [6, 6.07) is 5.97. The lowest BCUT2D eigenvalue weighted by Crippen LogP contribution is -2.28. The maximum Gasteiger partial charge on any atom is 0.148 e. The highest BCUT2D eigenvalue weighted by Gasteiger charge is 2.29. The molecule has 3 rings (SSSR count). The Morgan fingerprint density at radius 3 is 3.20 bits per heavy atom. The van der Waals surface area contributed by atoms with E-state index < -0.39 is 0 Å². The summed E-state index contributed by atoms with van der Waals surface area (Å²) in [5, 5.41) is 3.21. The molecule has 15 heavy (non-hydrogen) atoms. The molecule has 2 aliphatic heterocycles. The molecule has 0 aromatic heterocycles. The summed E-state index contributed by atoms with van der Waals surface area (Å²) >= 11 is 0. The third-order valence-electron chi connectivity index (χ3n) is 3.46. The van der Waals surface area contributed by atoms with Gasteiger partial charge >= 0.3 is 0 Å². The van der Waals surface area contributed by atoms with Crippen LogP contribution in [0.1, 0.15) is 19.3 Å². The van der Waals surface area contributed by atoms with Crippen molar-refractivity contribution >= 4 is 11.4 Å². The molecule has 0 radical (unpaired) electrons. The number of anilines is 2. The first kappa shape index (κ1) is 9.01. The van der Waals surface area contributed by atoms with Gasteiger partial charge in [-0.1, -0.05) is 6.07 Å². The summed E-state index contributed by atoms with van der Waals surface area (Å²) < 4.78 is 13.6. The second kappa shape index (κ2) is 3.40. The van der Waals surface area contributed by atoms with Crippen molar-refractivity contribution < 1.29 is 4.39 Å². The SMILES string of the molecule is Fc1cccc2c1NCCC1CCCN21. The lowest BCUT2D eigenvalue weighted by atomic mass is 10.1. The first-order valence-electron chi connectivity index (χ1n) is 5.65. The number of fused-ring (bicyclic) bond motifs is 3. The molecule has 3 heteroatoms. The number of benzene rings is 1. The van der Waals surface area contributed by atoms with Crippen molar-refractivity contribution in [3.8, 4) is 0 Å². The molecule has 1 saturated heterocycles. The second-order valence-corrected chi connectivity index (χ2v) is 4.34. The molecule has 0 spiro atoms. The number of rotatable bonds is 0. The monoisotopic (exact) mass is 206 g/mol. The Kier molecular flexibility index (Phi) is 2.04. The molecule has 0 aliphatic carbocycles. The van der Waals surface area contributed by atoms with Crippen molar-refractivity contribution in [1.82, 2.24) is 0 Å². The molecule has 1 atom stereocenters. The Labute approximate surface area is 89.1 Å². The van der Waals surface area contributed by atoms with Gasteiger partial charge in [0.1, 0.15) is 5.82 Å². The minimum Gasteiger partial charge on any atom is -0.381 e. The first-order chi connectivity index (χ1) is 7.36. The van der Waals surface area contributed by atoms with E-state index in [1.54, 1.807) is 6.07 Å². The van der Waals surface area contributed by atoms with Gasteiger partial charge in [0.15, 0.2) is 0 Å². The van der Waals surface area contributed by atoms with Crippen LogP contribution in [0.4, 0.5) is 15.8 Å². The Morgan fingerprint density at radius 1 is 1.33 bits per heavy atom. The summed E-state index contributed by atoms with van der Waals surface area (Å²) in [7, 11) is 0. The van der Waals surface area contributed by atoms with E-state index in [4.69, 9.17) is 0 Å². The van der Waals surface area contributed by atoms with E-state index in [1.165, 1.54) is 18.9 Å². The third-order valence-corrected chi connectivity index (χ3v) is 3.46. The van der Waals surface area contributed by atoms with Crippen molar-refractivity contribution in [2.45, 2.75) is 25.3 Å². The minimum atomic E-state index is -0.125. The van der Waals surface area contributed by atoms with E-state index in [-0.39, 0.29) is 5.82 Å². The Bertz CT molecular complexity index is 378. The smallest absolute Gasteiger partial charge is 0.148 e. The summed E-state index contributed by atoms with van der Waals surface area (Å²) in [5.41, 5.74) is 1.75. The molecule has 1 aromatic carbocycles. The number of hydrogen-bond donors (Lipinski definition) is 1. The van der Waals surface area contributed by atoms with Crippen LogP contribution in [0, 0.1) is 5.82 Å². The molecule has 80 valence electrons. The predicted octanol–water partition coefficient (Wildman–Crippen LogP) is 2.61. The molecule has 0 saturated carbocycles. The molecule has 0 amide bonds. The van der Waals surface area contributed by atoms with Gasteiger partial charge in [-0.2, -0.15) is 0 Å². The van der Waals surface area contributed by atoms with Gasteiger partial charge < -0.3 is 10.2 Å². The highest BCUT2D eigenvalue weighted by molar-refractivity contribution is 5.72. The Balaban J connectivity index is 2.09. The largest absolute Gasteiger partial charge is 0.381 e. The molecular formula is C12H15FN2. The summed E-state index contributed by atoms with van der Waals surface area (Å²) in [4.78, 5) is 2.36. The van der Waals surface area contributed by atoms with E-state index in [1.807, 2.05) is 6.07 Å². The number of nitrogens with zero attached hydrogens (tertiary/aromatic N) is 1. The van der Waals surface area contributed by atoms with Crippen molar-refractivity contribution in [1.29, 1.82) is 0 Å². The molecular weight excluding hydrogens is 191 g/mol. The zero-order chi connectivity index (χ0) is 10.3. The molecule has 1 fully saturated rings. The van der Waals surface area contributed by atoms with Gasteiger partial charge in [0.05, 0.1) is 11.4 Å². The van der Waals surface area contributed by atoms with E-state index in [2.05, 4.69) is 10.2 Å². The van der Waals surface area contributed by atoms with Gasteiger partial charge in [-0.15, -0.1) is 0 Å². The minimum absolute atomic E-state index is 0.125. The van der Waals surface area contributed by atoms with Gasteiger partial charge in [0.2, 0.25) is 0 Å². The van der Waals surface area contributed by atoms with E-state index in [0.717, 1.165) is 25.2 Å². The molecule has 2 heterocycles. The van der Waals surface area contributed by atoms with Gasteiger partial charge in [0.25, 0.3) is 0 Å². The van der Waals surface area contributed by atoms with Crippen LogP contribution < -0.4 is 10.2 Å². The maximum atomic E-state index is 13.6. The number of halogens is 1. The predicted molar refractivity (Wildman–Crippen MR) is 59.9 cm³/mol. The molecule has 2 nitrogen and oxygen atoms in total. The van der Waals surface area contributed by atoms with Crippen LogP contribution in [0.3, 0.4) is 0 Å². The number of nitrogens with one attached hydrogen (secondary N) is 1. The normalized spacial score (nSPS) is 24.1. The second-order valence-electron chi connectivity index (χ2n) is 4.34. The fourth-order valence-corrected chi connectivity index (χ4v) is 2.74. The Hall–Kier alpha value is -1.25. The number of hydrogen-bond acceptors (Lipinski definition) is 2. The molecule has 1 unspecified atom stereocenters. The van der Waals surface area contributed by atoms with Crippen molar-refractivity contribution in [2.75, 3.05) is 23.3 Å². The molecule has 0 bridgehead atoms. The van der Waals surface area contributed by atoms with Crippen LogP contribution in [0.2, 0.25) is 0 Å². The van der Waals surface area contributed by atoms with Crippen LogP contribution in [0.15, 0.2) is 18.2 Å². The van der Waals surface area contributed by atoms with Gasteiger partial charge in [-0.05, 0) is 31.4 Å². The van der Waals surface area contributed by atoms with E-state index >= 15 is 0 Å².